The van der Waals surface area contributed by atoms with Gasteiger partial charge >= 0.3 is 0 Å². The van der Waals surface area contributed by atoms with Crippen molar-refractivity contribution in [3.8, 4) is 0 Å². The van der Waals surface area contributed by atoms with Gasteiger partial charge in [-0.3, -0.25) is 0 Å². The van der Waals surface area contributed by atoms with Crippen molar-refractivity contribution in [1.82, 2.24) is 0 Å². The van der Waals surface area contributed by atoms with Crippen molar-refractivity contribution in [3.05, 3.63) is 29.8 Å². The van der Waals surface area contributed by atoms with Crippen LogP contribution in [0.1, 0.15) is 25.0 Å². The molecule has 14 heavy (non-hydrogen) atoms. The normalized spacial score (nSPS) is 26.9. The highest BCUT2D eigenvalue weighted by Crippen LogP contribution is 2.34. The molecule has 0 fully saturated rings. The van der Waals surface area contributed by atoms with Crippen LogP contribution in [0.3, 0.4) is 0 Å². The van der Waals surface area contributed by atoms with Crippen molar-refractivity contribution in [2.24, 2.45) is 5.92 Å². The largest absolute Gasteiger partial charge is 0.388 e. The molecule has 0 saturated carbocycles. The van der Waals surface area contributed by atoms with Gasteiger partial charge < -0.3 is 10.0 Å². The molecule has 2 nitrogen and oxygen atoms in total. The zero-order valence-corrected chi connectivity index (χ0v) is 8.77. The molecule has 0 bridgehead atoms. The number of aliphatic hydroxyl groups excluding tert-OH is 1. The SMILES string of the molecule is CC1CCN(C)c2ccccc2C1O. The van der Waals surface area contributed by atoms with Crippen molar-refractivity contribution in [2.75, 3.05) is 18.5 Å². The van der Waals surface area contributed by atoms with Crippen LogP contribution < -0.4 is 4.90 Å². The third-order valence-electron chi connectivity index (χ3n) is 3.13. The number of nitrogens with zero attached hydrogens (tertiary/aromatic N) is 1. The summed E-state index contributed by atoms with van der Waals surface area (Å²) in [6.07, 6.45) is 0.739. The molecule has 1 aromatic rings. The first-order valence-electron chi connectivity index (χ1n) is 5.18. The van der Waals surface area contributed by atoms with Crippen LogP contribution in [0.5, 0.6) is 0 Å². The molecule has 2 unspecified atom stereocenters. The van der Waals surface area contributed by atoms with Crippen molar-refractivity contribution in [1.29, 1.82) is 0 Å². The molecule has 76 valence electrons. The van der Waals surface area contributed by atoms with E-state index in [2.05, 4.69) is 24.9 Å². The molecule has 0 saturated heterocycles. The smallest absolute Gasteiger partial charge is 0.0836 e. The molecule has 2 atom stereocenters. The highest BCUT2D eigenvalue weighted by Gasteiger charge is 2.24. The van der Waals surface area contributed by atoms with Crippen molar-refractivity contribution < 1.29 is 5.11 Å². The van der Waals surface area contributed by atoms with Crippen LogP contribution in [0, 0.1) is 5.92 Å². The Morgan fingerprint density at radius 2 is 2.07 bits per heavy atom. The third kappa shape index (κ3) is 1.50. The molecule has 0 radical (unpaired) electrons. The van der Waals surface area contributed by atoms with Gasteiger partial charge in [-0.2, -0.15) is 0 Å². The first-order chi connectivity index (χ1) is 6.70. The summed E-state index contributed by atoms with van der Waals surface area (Å²) in [7, 11) is 2.09. The predicted molar refractivity (Wildman–Crippen MR) is 58.5 cm³/mol. The molecule has 2 rings (SSSR count). The van der Waals surface area contributed by atoms with E-state index in [-0.39, 0.29) is 6.10 Å². The standard InChI is InChI=1S/C12H17NO/c1-9-7-8-13(2)11-6-4-3-5-10(11)12(9)14/h3-6,9,12,14H,7-8H2,1-2H3. The van der Waals surface area contributed by atoms with Crippen molar-refractivity contribution in [3.63, 3.8) is 0 Å². The molecular formula is C12H17NO. The molecule has 2 heteroatoms. The maximum absolute atomic E-state index is 10.1. The topological polar surface area (TPSA) is 23.5 Å². The predicted octanol–water partition coefficient (Wildman–Crippen LogP) is 2.20. The Morgan fingerprint density at radius 1 is 1.36 bits per heavy atom. The van der Waals surface area contributed by atoms with Crippen LogP contribution in [0.25, 0.3) is 0 Å². The molecule has 0 spiro atoms. The summed E-state index contributed by atoms with van der Waals surface area (Å²) in [5.74, 6) is 0.348. The second-order valence-electron chi connectivity index (χ2n) is 4.19. The Bertz CT molecular complexity index is 324. The van der Waals surface area contributed by atoms with Gasteiger partial charge in [0.2, 0.25) is 0 Å². The number of anilines is 1. The quantitative estimate of drug-likeness (QED) is 0.679. The van der Waals surface area contributed by atoms with Gasteiger partial charge in [0.05, 0.1) is 6.10 Å². The average molecular weight is 191 g/mol. The summed E-state index contributed by atoms with van der Waals surface area (Å²) < 4.78 is 0. The Labute approximate surface area is 85.2 Å². The van der Waals surface area contributed by atoms with E-state index < -0.39 is 0 Å². The lowest BCUT2D eigenvalue weighted by Crippen LogP contribution is -2.18. The minimum atomic E-state index is -0.309. The van der Waals surface area contributed by atoms with Gasteiger partial charge in [-0.15, -0.1) is 0 Å². The number of para-hydroxylation sites is 1. The third-order valence-corrected chi connectivity index (χ3v) is 3.13. The number of hydrogen-bond donors (Lipinski definition) is 1. The van der Waals surface area contributed by atoms with Crippen LogP contribution >= 0.6 is 0 Å². The van der Waals surface area contributed by atoms with Gasteiger partial charge in [-0.05, 0) is 18.4 Å². The molecule has 1 N–H and O–H groups in total. The Morgan fingerprint density at radius 3 is 2.86 bits per heavy atom. The monoisotopic (exact) mass is 191 g/mol. The van der Waals surface area contributed by atoms with Crippen molar-refractivity contribution in [2.45, 2.75) is 19.4 Å². The minimum Gasteiger partial charge on any atom is -0.388 e. The van der Waals surface area contributed by atoms with Crippen LogP contribution in [0.15, 0.2) is 24.3 Å². The fraction of sp³-hybridized carbons (Fsp3) is 0.500. The second-order valence-corrected chi connectivity index (χ2v) is 4.19. The van der Waals surface area contributed by atoms with Crippen LogP contribution in [-0.2, 0) is 0 Å². The molecule has 0 aliphatic carbocycles. The zero-order chi connectivity index (χ0) is 10.1. The molecular weight excluding hydrogens is 174 g/mol. The lowest BCUT2D eigenvalue weighted by Gasteiger charge is -2.19. The highest BCUT2D eigenvalue weighted by molar-refractivity contribution is 5.54. The van der Waals surface area contributed by atoms with Gasteiger partial charge in [-0.25, -0.2) is 0 Å². The summed E-state index contributed by atoms with van der Waals surface area (Å²) >= 11 is 0. The Kier molecular flexibility index (Phi) is 2.46. The minimum absolute atomic E-state index is 0.309. The summed E-state index contributed by atoms with van der Waals surface area (Å²) in [6.45, 7) is 3.13. The van der Waals surface area contributed by atoms with Gasteiger partial charge in [0.15, 0.2) is 0 Å². The molecule has 1 aliphatic heterocycles. The molecule has 1 heterocycles. The number of hydrogen-bond acceptors (Lipinski definition) is 2. The lowest BCUT2D eigenvalue weighted by molar-refractivity contribution is 0.117. The summed E-state index contributed by atoms with van der Waals surface area (Å²) in [4.78, 5) is 2.22. The van der Waals surface area contributed by atoms with E-state index in [4.69, 9.17) is 0 Å². The molecule has 0 aromatic heterocycles. The average Bonchev–Trinajstić information content (AvgIpc) is 2.33. The van der Waals surface area contributed by atoms with E-state index in [1.165, 1.54) is 5.69 Å². The van der Waals surface area contributed by atoms with E-state index >= 15 is 0 Å². The second kappa shape index (κ2) is 3.62. The first-order valence-corrected chi connectivity index (χ1v) is 5.18. The molecule has 1 aromatic carbocycles. The van der Waals surface area contributed by atoms with E-state index in [0.717, 1.165) is 18.5 Å². The number of fused-ring (bicyclic) bond motifs is 1. The van der Waals surface area contributed by atoms with Gasteiger partial charge in [0, 0.05) is 24.8 Å². The number of aliphatic hydroxyl groups is 1. The fourth-order valence-electron chi connectivity index (χ4n) is 2.07. The first kappa shape index (κ1) is 9.53. The lowest BCUT2D eigenvalue weighted by atomic mass is 9.95. The summed E-state index contributed by atoms with van der Waals surface area (Å²) in [5.41, 5.74) is 2.24. The van der Waals surface area contributed by atoms with Gasteiger partial charge in [0.1, 0.15) is 0 Å². The van der Waals surface area contributed by atoms with Gasteiger partial charge in [-0.1, -0.05) is 25.1 Å². The van der Waals surface area contributed by atoms with E-state index in [9.17, 15) is 5.11 Å². The van der Waals surface area contributed by atoms with Crippen LogP contribution in [0.4, 0.5) is 5.69 Å². The van der Waals surface area contributed by atoms with Crippen molar-refractivity contribution >= 4 is 5.69 Å². The Hall–Kier alpha value is -1.02. The fourth-order valence-corrected chi connectivity index (χ4v) is 2.07. The maximum atomic E-state index is 10.1. The zero-order valence-electron chi connectivity index (χ0n) is 8.77. The van der Waals surface area contributed by atoms with Crippen LogP contribution in [-0.4, -0.2) is 18.7 Å². The molecule has 1 aliphatic rings. The van der Waals surface area contributed by atoms with E-state index in [0.29, 0.717) is 5.92 Å². The van der Waals surface area contributed by atoms with Gasteiger partial charge in [0.25, 0.3) is 0 Å². The Balaban J connectivity index is 2.46. The number of benzene rings is 1. The maximum Gasteiger partial charge on any atom is 0.0836 e. The molecule has 0 amide bonds. The summed E-state index contributed by atoms with van der Waals surface area (Å²) in [5, 5.41) is 10.1. The van der Waals surface area contributed by atoms with Crippen LogP contribution in [0.2, 0.25) is 0 Å². The van der Waals surface area contributed by atoms with E-state index in [1.54, 1.807) is 0 Å². The summed E-state index contributed by atoms with van der Waals surface area (Å²) in [6, 6.07) is 8.13. The highest BCUT2D eigenvalue weighted by atomic mass is 16.3. The number of rotatable bonds is 0. The van der Waals surface area contributed by atoms with E-state index in [1.807, 2.05) is 18.2 Å².